The second-order valence-corrected chi connectivity index (χ2v) is 16.5. The first-order valence-electron chi connectivity index (χ1n) is 20.5. The van der Waals surface area contributed by atoms with Gasteiger partial charge in [-0.05, 0) is 176 Å². The van der Waals surface area contributed by atoms with Crippen molar-refractivity contribution in [1.29, 1.82) is 0 Å². The molecule has 292 valence electrons. The van der Waals surface area contributed by atoms with E-state index in [-0.39, 0.29) is 0 Å². The average Bonchev–Trinajstić information content (AvgIpc) is 3.89. The number of fused-ring (bicyclic) bond motifs is 2. The summed E-state index contributed by atoms with van der Waals surface area (Å²) in [5.74, 6) is 0.712. The number of nitrogens with zero attached hydrogens (tertiary/aromatic N) is 2. The molecular formula is C53H52N2O2S. The quantitative estimate of drug-likeness (QED) is 0.123. The van der Waals surface area contributed by atoms with Crippen molar-refractivity contribution in [2.45, 2.75) is 68.2 Å². The molecule has 0 aliphatic carbocycles. The lowest BCUT2D eigenvalue weighted by molar-refractivity contribution is 0.471. The Balaban J connectivity index is 0.00000215. The largest absolute Gasteiger partial charge is 0.507 e. The Morgan fingerprint density at radius 1 is 0.414 bits per heavy atom. The number of aromatic hydroxyl groups is 2. The van der Waals surface area contributed by atoms with E-state index in [1.165, 1.54) is 55.2 Å². The van der Waals surface area contributed by atoms with Gasteiger partial charge in [0.2, 0.25) is 0 Å². The van der Waals surface area contributed by atoms with Gasteiger partial charge in [-0.15, -0.1) is 0 Å². The lowest BCUT2D eigenvalue weighted by Crippen LogP contribution is -2.15. The fraction of sp³-hybridized carbons (Fsp3) is 0.245. The normalized spacial score (nSPS) is 13.5. The average molecular weight is 781 g/mol. The van der Waals surface area contributed by atoms with Crippen LogP contribution >= 0.6 is 12.6 Å². The summed E-state index contributed by atoms with van der Waals surface area (Å²) in [5.41, 5.74) is 20.2. The highest BCUT2D eigenvalue weighted by atomic mass is 32.1. The zero-order valence-electron chi connectivity index (χ0n) is 35.1. The van der Waals surface area contributed by atoms with Crippen LogP contribution in [-0.2, 0) is 12.8 Å². The van der Waals surface area contributed by atoms with Crippen LogP contribution in [0.1, 0.15) is 55.6 Å². The van der Waals surface area contributed by atoms with E-state index in [1.807, 2.05) is 13.8 Å². The Kier molecular flexibility index (Phi) is 9.16. The summed E-state index contributed by atoms with van der Waals surface area (Å²) >= 11 is 3.53. The highest BCUT2D eigenvalue weighted by molar-refractivity contribution is 7.79. The maximum atomic E-state index is 12.1. The van der Waals surface area contributed by atoms with Gasteiger partial charge in [0.1, 0.15) is 11.5 Å². The Hall–Kier alpha value is -5.65. The predicted octanol–water partition coefficient (Wildman–Crippen LogP) is 13.7. The molecular weight excluding hydrogens is 729 g/mol. The minimum atomic E-state index is 0.356. The third kappa shape index (κ3) is 5.28. The van der Waals surface area contributed by atoms with E-state index in [0.29, 0.717) is 11.5 Å². The van der Waals surface area contributed by atoms with Crippen molar-refractivity contribution in [2.24, 2.45) is 0 Å². The second-order valence-electron chi connectivity index (χ2n) is 16.5. The molecule has 0 fully saturated rings. The maximum Gasteiger partial charge on any atom is 0.126 e. The first-order chi connectivity index (χ1) is 28.0. The van der Waals surface area contributed by atoms with Crippen molar-refractivity contribution in [3.8, 4) is 33.8 Å². The number of rotatable bonds is 4. The fourth-order valence-corrected chi connectivity index (χ4v) is 10.2. The van der Waals surface area contributed by atoms with Gasteiger partial charge in [0, 0.05) is 68.5 Å². The number of para-hydroxylation sites is 2. The summed E-state index contributed by atoms with van der Waals surface area (Å²) < 4.78 is 0. The number of hydrogen-bond donors (Lipinski definition) is 3. The van der Waals surface area contributed by atoms with E-state index >= 15 is 0 Å². The first kappa shape index (κ1) is 37.9. The van der Waals surface area contributed by atoms with Gasteiger partial charge >= 0.3 is 0 Å². The third-order valence-electron chi connectivity index (χ3n) is 14.1. The zero-order valence-corrected chi connectivity index (χ0v) is 36.0. The van der Waals surface area contributed by atoms with E-state index in [4.69, 9.17) is 0 Å². The van der Waals surface area contributed by atoms with E-state index < -0.39 is 0 Å². The van der Waals surface area contributed by atoms with Crippen LogP contribution < -0.4 is 9.80 Å². The van der Waals surface area contributed by atoms with E-state index in [2.05, 4.69) is 149 Å². The number of hydrogen-bond acceptors (Lipinski definition) is 5. The summed E-state index contributed by atoms with van der Waals surface area (Å²) in [7, 11) is 0. The smallest absolute Gasteiger partial charge is 0.126 e. The number of thiol groups is 1. The summed E-state index contributed by atoms with van der Waals surface area (Å²) in [6.45, 7) is 18.8. The van der Waals surface area contributed by atoms with Gasteiger partial charge in [-0.3, -0.25) is 0 Å². The summed E-state index contributed by atoms with van der Waals surface area (Å²) in [4.78, 5) is 4.98. The summed E-state index contributed by atoms with van der Waals surface area (Å²) in [6.07, 6.45) is 3.65. The highest BCUT2D eigenvalue weighted by Gasteiger charge is 2.30. The van der Waals surface area contributed by atoms with E-state index in [1.54, 1.807) is 6.26 Å². The standard InChI is InChI=1S/C52H48N2O2.CH4S/c1-27-29(3)33(7)51(55)47(31(27)5)41-25-45(53-23-21-35-13-9-11-15-43(35)53)39-20-18-38-42(48-32(6)28(2)30(4)34(8)52(48)56)26-46(40-19-17-37(41)49(39)50(38)40)54-24-22-36-14-10-12-16-44(36)54;1-2/h9-20,25-26,55-56H,21-24H2,1-8H3;2H,1H3. The SMILES string of the molecule is CS.Cc1c(C)c(C)c(-c2cc(N3CCc4ccccc43)c3ccc4c(-c5c(C)c(C)c(C)c(C)c5O)cc(N5CCc6ccccc65)c5ccc2c3c45)c(O)c1C. The number of anilines is 4. The molecule has 0 unspecified atom stereocenters. The molecule has 58 heavy (non-hydrogen) atoms. The monoisotopic (exact) mass is 780 g/mol. The van der Waals surface area contributed by atoms with Gasteiger partial charge in [-0.2, -0.15) is 12.6 Å². The highest BCUT2D eigenvalue weighted by Crippen LogP contribution is 2.54. The maximum absolute atomic E-state index is 12.1. The molecule has 0 saturated carbocycles. The van der Waals surface area contributed by atoms with Gasteiger partial charge in [-0.25, -0.2) is 0 Å². The summed E-state index contributed by atoms with van der Waals surface area (Å²) in [5, 5.41) is 31.2. The van der Waals surface area contributed by atoms with Crippen molar-refractivity contribution in [2.75, 3.05) is 29.1 Å². The molecule has 0 bridgehead atoms. The minimum Gasteiger partial charge on any atom is -0.507 e. The molecule has 2 aliphatic rings. The minimum absolute atomic E-state index is 0.356. The van der Waals surface area contributed by atoms with E-state index in [9.17, 15) is 10.2 Å². The Labute approximate surface area is 348 Å². The van der Waals surface area contributed by atoms with Crippen LogP contribution in [0.15, 0.2) is 84.9 Å². The molecule has 8 aromatic rings. The molecule has 0 aromatic heterocycles. The number of phenols is 2. The zero-order chi connectivity index (χ0) is 40.9. The van der Waals surface area contributed by atoms with Crippen LogP contribution in [0.25, 0.3) is 54.6 Å². The van der Waals surface area contributed by atoms with Crippen LogP contribution in [0.5, 0.6) is 11.5 Å². The van der Waals surface area contributed by atoms with Crippen molar-refractivity contribution in [3.63, 3.8) is 0 Å². The molecule has 0 radical (unpaired) electrons. The summed E-state index contributed by atoms with van der Waals surface area (Å²) in [6, 6.07) is 31.5. The molecule has 5 heteroatoms. The topological polar surface area (TPSA) is 46.9 Å². The predicted molar refractivity (Wildman–Crippen MR) is 251 cm³/mol. The van der Waals surface area contributed by atoms with Gasteiger partial charge < -0.3 is 20.0 Å². The van der Waals surface area contributed by atoms with Gasteiger partial charge in [0.15, 0.2) is 0 Å². The lowest BCUT2D eigenvalue weighted by Gasteiger charge is -2.29. The van der Waals surface area contributed by atoms with E-state index in [0.717, 1.165) is 104 Å². The molecule has 0 spiro atoms. The molecule has 4 nitrogen and oxygen atoms in total. The van der Waals surface area contributed by atoms with Crippen LogP contribution in [-0.4, -0.2) is 29.6 Å². The van der Waals surface area contributed by atoms with Gasteiger partial charge in [-0.1, -0.05) is 60.7 Å². The molecule has 0 saturated heterocycles. The Morgan fingerprint density at radius 2 is 0.759 bits per heavy atom. The van der Waals surface area contributed by atoms with Crippen LogP contribution in [0.4, 0.5) is 22.7 Å². The molecule has 10 rings (SSSR count). The van der Waals surface area contributed by atoms with Crippen molar-refractivity contribution >= 4 is 67.7 Å². The third-order valence-corrected chi connectivity index (χ3v) is 14.1. The Morgan fingerprint density at radius 3 is 1.16 bits per heavy atom. The molecule has 0 amide bonds. The van der Waals surface area contributed by atoms with Gasteiger partial charge in [0.05, 0.1) is 0 Å². The molecule has 2 N–H and O–H groups in total. The van der Waals surface area contributed by atoms with Crippen LogP contribution in [0.2, 0.25) is 0 Å². The van der Waals surface area contributed by atoms with Crippen molar-refractivity contribution < 1.29 is 10.2 Å². The number of phenolic OH excluding ortho intramolecular Hbond substituents is 2. The van der Waals surface area contributed by atoms with Crippen LogP contribution in [0, 0.1) is 55.4 Å². The lowest BCUT2D eigenvalue weighted by atomic mass is 9.82. The van der Waals surface area contributed by atoms with Crippen LogP contribution in [0.3, 0.4) is 0 Å². The van der Waals surface area contributed by atoms with Crippen molar-refractivity contribution in [1.82, 2.24) is 0 Å². The molecule has 8 aromatic carbocycles. The Bertz CT molecular complexity index is 2740. The molecule has 2 aliphatic heterocycles. The van der Waals surface area contributed by atoms with Gasteiger partial charge in [0.25, 0.3) is 0 Å². The first-order valence-corrected chi connectivity index (χ1v) is 21.4. The number of benzene rings is 8. The van der Waals surface area contributed by atoms with Crippen molar-refractivity contribution in [3.05, 3.63) is 141 Å². The molecule has 0 atom stereocenters. The fourth-order valence-electron chi connectivity index (χ4n) is 10.2. The second kappa shape index (κ2) is 14.0. The molecule has 2 heterocycles.